The summed E-state index contributed by atoms with van der Waals surface area (Å²) in [5.74, 6) is 1.10. The molecule has 5 heteroatoms. The minimum atomic E-state index is 0.721. The molecule has 2 rings (SSSR count). The van der Waals surface area contributed by atoms with Crippen LogP contribution >= 0.6 is 0 Å². The van der Waals surface area contributed by atoms with Gasteiger partial charge < -0.3 is 5.73 Å². The van der Waals surface area contributed by atoms with E-state index in [1.807, 2.05) is 4.68 Å². The van der Waals surface area contributed by atoms with Gasteiger partial charge in [0.1, 0.15) is 12.2 Å². The molecule has 0 amide bonds. The zero-order valence-electron chi connectivity index (χ0n) is 12.1. The Hall–Kier alpha value is -0.940. The van der Waals surface area contributed by atoms with Crippen LogP contribution in [0.5, 0.6) is 0 Å². The number of aromatic nitrogens is 3. The van der Waals surface area contributed by atoms with Crippen molar-refractivity contribution in [2.45, 2.75) is 64.6 Å². The van der Waals surface area contributed by atoms with Gasteiger partial charge in [-0.15, -0.1) is 0 Å². The number of hydrogen-bond acceptors (Lipinski definition) is 4. The lowest BCUT2D eigenvalue weighted by Gasteiger charge is -2.28. The fourth-order valence-corrected chi connectivity index (χ4v) is 2.95. The Bertz CT molecular complexity index is 356. The zero-order valence-corrected chi connectivity index (χ0v) is 12.1. The highest BCUT2D eigenvalue weighted by Crippen LogP contribution is 2.24. The predicted molar refractivity (Wildman–Crippen MR) is 76.7 cm³/mol. The van der Waals surface area contributed by atoms with Gasteiger partial charge in [0.05, 0.1) is 6.54 Å². The van der Waals surface area contributed by atoms with Crippen LogP contribution in [0.15, 0.2) is 6.33 Å². The lowest BCUT2D eigenvalue weighted by atomic mass is 10.2. The molecule has 1 fully saturated rings. The lowest BCUT2D eigenvalue weighted by molar-refractivity contribution is 0.180. The van der Waals surface area contributed by atoms with Gasteiger partial charge in [-0.25, -0.2) is 9.67 Å². The van der Waals surface area contributed by atoms with Crippen LogP contribution in [0.3, 0.4) is 0 Å². The minimum absolute atomic E-state index is 0.721. The number of rotatable bonds is 8. The van der Waals surface area contributed by atoms with Crippen molar-refractivity contribution in [3.8, 4) is 0 Å². The molecule has 1 aromatic heterocycles. The molecular weight excluding hydrogens is 238 g/mol. The van der Waals surface area contributed by atoms with Crippen molar-refractivity contribution in [1.82, 2.24) is 19.7 Å². The summed E-state index contributed by atoms with van der Waals surface area (Å²) in [4.78, 5) is 7.00. The molecule has 0 unspecified atom stereocenters. The van der Waals surface area contributed by atoms with Gasteiger partial charge in [0, 0.05) is 19.1 Å². The molecule has 1 saturated carbocycles. The minimum Gasteiger partial charge on any atom is -0.330 e. The van der Waals surface area contributed by atoms with E-state index in [4.69, 9.17) is 5.73 Å². The van der Waals surface area contributed by atoms with Crippen LogP contribution in [-0.2, 0) is 13.1 Å². The molecule has 0 aliphatic heterocycles. The van der Waals surface area contributed by atoms with E-state index in [1.54, 1.807) is 6.33 Å². The Morgan fingerprint density at radius 1 is 1.42 bits per heavy atom. The van der Waals surface area contributed by atoms with E-state index >= 15 is 0 Å². The Morgan fingerprint density at radius 3 is 2.89 bits per heavy atom. The zero-order chi connectivity index (χ0) is 13.5. The monoisotopic (exact) mass is 265 g/mol. The highest BCUT2D eigenvalue weighted by atomic mass is 15.3. The third-order valence-corrected chi connectivity index (χ3v) is 3.97. The topological polar surface area (TPSA) is 60.0 Å². The molecule has 0 bridgehead atoms. The average Bonchev–Trinajstić information content (AvgIpc) is 3.06. The van der Waals surface area contributed by atoms with Gasteiger partial charge in [0.2, 0.25) is 0 Å². The summed E-state index contributed by atoms with van der Waals surface area (Å²) in [5, 5.41) is 4.32. The third-order valence-electron chi connectivity index (χ3n) is 3.97. The smallest absolute Gasteiger partial charge is 0.141 e. The van der Waals surface area contributed by atoms with Crippen molar-refractivity contribution in [1.29, 1.82) is 0 Å². The van der Waals surface area contributed by atoms with Gasteiger partial charge in [-0.1, -0.05) is 19.8 Å². The normalized spacial score (nSPS) is 16.6. The van der Waals surface area contributed by atoms with Gasteiger partial charge in [0.15, 0.2) is 0 Å². The van der Waals surface area contributed by atoms with Gasteiger partial charge in [-0.2, -0.15) is 5.10 Å². The fourth-order valence-electron chi connectivity index (χ4n) is 2.95. The molecule has 108 valence electrons. The predicted octanol–water partition coefficient (Wildman–Crippen LogP) is 1.78. The van der Waals surface area contributed by atoms with Crippen LogP contribution in [0.2, 0.25) is 0 Å². The Morgan fingerprint density at radius 2 is 2.21 bits per heavy atom. The van der Waals surface area contributed by atoms with E-state index in [-0.39, 0.29) is 0 Å². The molecule has 0 spiro atoms. The van der Waals surface area contributed by atoms with Crippen LogP contribution < -0.4 is 5.73 Å². The molecule has 2 N–H and O–H groups in total. The van der Waals surface area contributed by atoms with E-state index in [0.717, 1.165) is 50.9 Å². The summed E-state index contributed by atoms with van der Waals surface area (Å²) in [7, 11) is 0. The summed E-state index contributed by atoms with van der Waals surface area (Å²) in [5.41, 5.74) is 5.67. The second kappa shape index (κ2) is 7.60. The van der Waals surface area contributed by atoms with Crippen molar-refractivity contribution < 1.29 is 0 Å². The summed E-state index contributed by atoms with van der Waals surface area (Å²) in [6, 6.07) is 0.721. The van der Waals surface area contributed by atoms with Gasteiger partial charge in [-0.3, -0.25) is 4.90 Å². The first kappa shape index (κ1) is 14.5. The molecule has 1 aromatic rings. The summed E-state index contributed by atoms with van der Waals surface area (Å²) in [6.07, 6.45) is 9.23. The highest BCUT2D eigenvalue weighted by Gasteiger charge is 2.23. The molecule has 1 aliphatic rings. The molecule has 1 heterocycles. The quantitative estimate of drug-likeness (QED) is 0.778. The van der Waals surface area contributed by atoms with Crippen LogP contribution in [0, 0.1) is 0 Å². The molecular formula is C14H27N5. The van der Waals surface area contributed by atoms with E-state index in [2.05, 4.69) is 21.9 Å². The molecule has 19 heavy (non-hydrogen) atoms. The van der Waals surface area contributed by atoms with Crippen molar-refractivity contribution in [3.63, 3.8) is 0 Å². The van der Waals surface area contributed by atoms with E-state index < -0.39 is 0 Å². The lowest BCUT2D eigenvalue weighted by Crippen LogP contribution is -2.35. The highest BCUT2D eigenvalue weighted by molar-refractivity contribution is 4.88. The standard InChI is InChI=1S/C14H27N5/c1-2-9-19-14(16-12-17-19)11-18(10-5-8-15)13-6-3-4-7-13/h12-13H,2-11,15H2,1H3. The number of nitrogens with two attached hydrogens (primary N) is 1. The molecule has 0 saturated heterocycles. The van der Waals surface area contributed by atoms with Gasteiger partial charge >= 0.3 is 0 Å². The van der Waals surface area contributed by atoms with Crippen molar-refractivity contribution in [2.24, 2.45) is 5.73 Å². The molecule has 1 aliphatic carbocycles. The second-order valence-corrected chi connectivity index (χ2v) is 5.45. The first-order valence-corrected chi connectivity index (χ1v) is 7.66. The number of nitrogens with zero attached hydrogens (tertiary/aromatic N) is 4. The molecule has 0 radical (unpaired) electrons. The van der Waals surface area contributed by atoms with E-state index in [0.29, 0.717) is 0 Å². The first-order chi connectivity index (χ1) is 9.35. The summed E-state index contributed by atoms with van der Waals surface area (Å²) in [6.45, 7) is 5.91. The van der Waals surface area contributed by atoms with Crippen LogP contribution in [0.4, 0.5) is 0 Å². The Labute approximate surface area is 116 Å². The SMILES string of the molecule is CCCn1ncnc1CN(CCCN)C1CCCC1. The molecule has 0 atom stereocenters. The Balaban J connectivity index is 1.99. The number of hydrogen-bond donors (Lipinski definition) is 1. The maximum atomic E-state index is 5.67. The van der Waals surface area contributed by atoms with Crippen LogP contribution in [-0.4, -0.2) is 38.8 Å². The van der Waals surface area contributed by atoms with Gasteiger partial charge in [0.25, 0.3) is 0 Å². The fraction of sp³-hybridized carbons (Fsp3) is 0.857. The third kappa shape index (κ3) is 4.01. The van der Waals surface area contributed by atoms with E-state index in [9.17, 15) is 0 Å². The largest absolute Gasteiger partial charge is 0.330 e. The summed E-state index contributed by atoms with van der Waals surface area (Å²) < 4.78 is 2.05. The van der Waals surface area contributed by atoms with Crippen molar-refractivity contribution in [3.05, 3.63) is 12.2 Å². The van der Waals surface area contributed by atoms with Crippen molar-refractivity contribution >= 4 is 0 Å². The second-order valence-electron chi connectivity index (χ2n) is 5.45. The maximum absolute atomic E-state index is 5.67. The first-order valence-electron chi connectivity index (χ1n) is 7.66. The van der Waals surface area contributed by atoms with Crippen LogP contribution in [0.25, 0.3) is 0 Å². The number of aryl methyl sites for hydroxylation is 1. The maximum Gasteiger partial charge on any atom is 0.141 e. The molecule has 5 nitrogen and oxygen atoms in total. The van der Waals surface area contributed by atoms with Crippen molar-refractivity contribution in [2.75, 3.05) is 13.1 Å². The Kier molecular flexibility index (Phi) is 5.79. The van der Waals surface area contributed by atoms with Gasteiger partial charge in [-0.05, 0) is 32.2 Å². The summed E-state index contributed by atoms with van der Waals surface area (Å²) >= 11 is 0. The average molecular weight is 265 g/mol. The molecule has 0 aromatic carbocycles. The van der Waals surface area contributed by atoms with Crippen LogP contribution in [0.1, 0.15) is 51.3 Å². The van der Waals surface area contributed by atoms with E-state index in [1.165, 1.54) is 25.7 Å².